The zero-order valence-electron chi connectivity index (χ0n) is 13.8. The molecular weight excluding hydrogens is 290 g/mol. The molecule has 0 aliphatic carbocycles. The third kappa shape index (κ3) is 4.09. The molecule has 1 amide bonds. The Labute approximate surface area is 138 Å². The van der Waals surface area contributed by atoms with Crippen molar-refractivity contribution in [2.75, 3.05) is 39.3 Å². The maximum atomic E-state index is 12.5. The number of hydrogen-bond acceptors (Lipinski definition) is 4. The first kappa shape index (κ1) is 16.4. The first-order chi connectivity index (χ1) is 11.3. The lowest BCUT2D eigenvalue weighted by molar-refractivity contribution is 0.0724. The van der Waals surface area contributed by atoms with Gasteiger partial charge in [0.25, 0.3) is 5.91 Å². The summed E-state index contributed by atoms with van der Waals surface area (Å²) in [7, 11) is 0. The third-order valence-corrected chi connectivity index (χ3v) is 5.10. The zero-order chi connectivity index (χ0) is 16.1. The Balaban J connectivity index is 1.58. The van der Waals surface area contributed by atoms with E-state index >= 15 is 0 Å². The van der Waals surface area contributed by atoms with E-state index in [1.807, 2.05) is 17.0 Å². The van der Waals surface area contributed by atoms with E-state index in [1.165, 1.54) is 6.42 Å². The van der Waals surface area contributed by atoms with E-state index in [-0.39, 0.29) is 12.5 Å². The van der Waals surface area contributed by atoms with Crippen LogP contribution >= 0.6 is 0 Å². The first-order valence-electron chi connectivity index (χ1n) is 8.86. The maximum Gasteiger partial charge on any atom is 0.255 e. The SMILES string of the molecule is O=C(c1ccc(C2CCN(CCO)CC2)nc1)N1CCCCC1. The van der Waals surface area contributed by atoms with Crippen LogP contribution in [-0.4, -0.2) is 65.1 Å². The van der Waals surface area contributed by atoms with Crippen molar-refractivity contribution < 1.29 is 9.90 Å². The number of carbonyl (C=O) groups is 1. The van der Waals surface area contributed by atoms with E-state index in [2.05, 4.69) is 9.88 Å². The van der Waals surface area contributed by atoms with Gasteiger partial charge >= 0.3 is 0 Å². The molecule has 2 aliphatic heterocycles. The zero-order valence-corrected chi connectivity index (χ0v) is 13.8. The molecule has 23 heavy (non-hydrogen) atoms. The van der Waals surface area contributed by atoms with Crippen LogP contribution in [0.25, 0.3) is 0 Å². The number of carbonyl (C=O) groups excluding carboxylic acids is 1. The van der Waals surface area contributed by atoms with Gasteiger partial charge in [0.1, 0.15) is 0 Å². The number of β-amino-alcohol motifs (C(OH)–C–C–N with tert-alkyl or cyclic N) is 1. The quantitative estimate of drug-likeness (QED) is 0.921. The molecule has 2 aliphatic rings. The van der Waals surface area contributed by atoms with Gasteiger partial charge in [-0.15, -0.1) is 0 Å². The van der Waals surface area contributed by atoms with Gasteiger partial charge in [-0.25, -0.2) is 0 Å². The van der Waals surface area contributed by atoms with Gasteiger partial charge in [-0.2, -0.15) is 0 Å². The second kappa shape index (κ2) is 7.88. The highest BCUT2D eigenvalue weighted by atomic mass is 16.3. The Morgan fingerprint density at radius 1 is 1.13 bits per heavy atom. The van der Waals surface area contributed by atoms with Crippen molar-refractivity contribution in [2.45, 2.75) is 38.0 Å². The lowest BCUT2D eigenvalue weighted by atomic mass is 9.93. The molecule has 3 heterocycles. The summed E-state index contributed by atoms with van der Waals surface area (Å²) < 4.78 is 0. The summed E-state index contributed by atoms with van der Waals surface area (Å²) in [5.74, 6) is 0.602. The highest BCUT2D eigenvalue weighted by molar-refractivity contribution is 5.93. The molecule has 0 unspecified atom stereocenters. The van der Waals surface area contributed by atoms with Crippen molar-refractivity contribution in [1.29, 1.82) is 0 Å². The van der Waals surface area contributed by atoms with Gasteiger partial charge < -0.3 is 14.9 Å². The molecule has 3 rings (SSSR count). The number of nitrogens with zero attached hydrogens (tertiary/aromatic N) is 3. The van der Waals surface area contributed by atoms with E-state index in [4.69, 9.17) is 5.11 Å². The fraction of sp³-hybridized carbons (Fsp3) is 0.667. The minimum atomic E-state index is 0.126. The Bertz CT molecular complexity index is 504. The summed E-state index contributed by atoms with van der Waals surface area (Å²) in [6.45, 7) is 4.79. The topological polar surface area (TPSA) is 56.7 Å². The number of piperidine rings is 2. The standard InChI is InChI=1S/C18H27N3O2/c22-13-12-20-10-6-15(7-11-20)17-5-4-16(14-19-17)18(23)21-8-2-1-3-9-21/h4-5,14-15,22H,1-3,6-13H2. The second-order valence-electron chi connectivity index (χ2n) is 6.66. The van der Waals surface area contributed by atoms with Crippen molar-refractivity contribution in [3.8, 4) is 0 Å². The first-order valence-corrected chi connectivity index (χ1v) is 8.86. The molecule has 5 heteroatoms. The van der Waals surface area contributed by atoms with E-state index < -0.39 is 0 Å². The highest BCUT2D eigenvalue weighted by Gasteiger charge is 2.22. The summed E-state index contributed by atoms with van der Waals surface area (Å²) in [5.41, 5.74) is 1.82. The molecular formula is C18H27N3O2. The van der Waals surface area contributed by atoms with Gasteiger partial charge in [-0.1, -0.05) is 0 Å². The average molecular weight is 317 g/mol. The number of amides is 1. The van der Waals surface area contributed by atoms with E-state index in [1.54, 1.807) is 6.20 Å². The van der Waals surface area contributed by atoms with Gasteiger partial charge in [-0.05, 0) is 57.3 Å². The van der Waals surface area contributed by atoms with Crippen molar-refractivity contribution in [3.63, 3.8) is 0 Å². The Hall–Kier alpha value is -1.46. The van der Waals surface area contributed by atoms with Crippen LogP contribution in [0.2, 0.25) is 0 Å². The second-order valence-corrected chi connectivity index (χ2v) is 6.66. The summed E-state index contributed by atoms with van der Waals surface area (Å²) >= 11 is 0. The molecule has 0 saturated carbocycles. The molecule has 0 bridgehead atoms. The van der Waals surface area contributed by atoms with Gasteiger partial charge in [0, 0.05) is 37.4 Å². The minimum Gasteiger partial charge on any atom is -0.395 e. The van der Waals surface area contributed by atoms with Crippen LogP contribution < -0.4 is 0 Å². The molecule has 0 aromatic carbocycles. The number of rotatable bonds is 4. The van der Waals surface area contributed by atoms with Gasteiger partial charge in [0.15, 0.2) is 0 Å². The summed E-state index contributed by atoms with van der Waals surface area (Å²) in [6.07, 6.45) is 7.37. The monoisotopic (exact) mass is 317 g/mol. The third-order valence-electron chi connectivity index (χ3n) is 5.10. The molecule has 1 aromatic rings. The summed E-state index contributed by atoms with van der Waals surface area (Å²) in [6, 6.07) is 3.98. The van der Waals surface area contributed by atoms with Crippen molar-refractivity contribution in [3.05, 3.63) is 29.6 Å². The summed E-state index contributed by atoms with van der Waals surface area (Å²) in [4.78, 5) is 21.3. The van der Waals surface area contributed by atoms with Crippen molar-refractivity contribution in [2.24, 2.45) is 0 Å². The van der Waals surface area contributed by atoms with E-state index in [9.17, 15) is 4.79 Å². The number of likely N-dealkylation sites (tertiary alicyclic amines) is 2. The Morgan fingerprint density at radius 3 is 2.48 bits per heavy atom. The minimum absolute atomic E-state index is 0.126. The normalized spacial score (nSPS) is 20.7. The highest BCUT2D eigenvalue weighted by Crippen LogP contribution is 2.26. The van der Waals surface area contributed by atoms with Gasteiger partial charge in [0.05, 0.1) is 12.2 Å². The number of aromatic nitrogens is 1. The van der Waals surface area contributed by atoms with Gasteiger partial charge in [-0.3, -0.25) is 9.78 Å². The fourth-order valence-electron chi connectivity index (χ4n) is 3.65. The smallest absolute Gasteiger partial charge is 0.255 e. The van der Waals surface area contributed by atoms with Crippen LogP contribution in [0.5, 0.6) is 0 Å². The fourth-order valence-corrected chi connectivity index (χ4v) is 3.65. The lowest BCUT2D eigenvalue weighted by Crippen LogP contribution is -2.36. The Kier molecular flexibility index (Phi) is 5.62. The van der Waals surface area contributed by atoms with Crippen molar-refractivity contribution >= 4 is 5.91 Å². The summed E-state index contributed by atoms with van der Waals surface area (Å²) in [5, 5.41) is 9.00. The van der Waals surface area contributed by atoms with Crippen LogP contribution in [0.1, 0.15) is 54.1 Å². The van der Waals surface area contributed by atoms with Gasteiger partial charge in [0.2, 0.25) is 0 Å². The lowest BCUT2D eigenvalue weighted by Gasteiger charge is -2.31. The molecule has 0 spiro atoms. The number of aliphatic hydroxyl groups is 1. The number of aliphatic hydroxyl groups excluding tert-OH is 1. The van der Waals surface area contributed by atoms with Crippen LogP contribution in [0.4, 0.5) is 0 Å². The number of hydrogen-bond donors (Lipinski definition) is 1. The van der Waals surface area contributed by atoms with Crippen LogP contribution in [0.15, 0.2) is 18.3 Å². The van der Waals surface area contributed by atoms with Crippen LogP contribution in [-0.2, 0) is 0 Å². The van der Waals surface area contributed by atoms with Crippen molar-refractivity contribution in [1.82, 2.24) is 14.8 Å². The molecule has 2 saturated heterocycles. The molecule has 5 nitrogen and oxygen atoms in total. The van der Waals surface area contributed by atoms with E-state index in [0.717, 1.165) is 64.1 Å². The van der Waals surface area contributed by atoms with E-state index in [0.29, 0.717) is 11.5 Å². The molecule has 1 N–H and O–H groups in total. The largest absolute Gasteiger partial charge is 0.395 e. The average Bonchev–Trinajstić information content (AvgIpc) is 2.63. The molecule has 0 radical (unpaired) electrons. The van der Waals surface area contributed by atoms with Crippen LogP contribution in [0.3, 0.4) is 0 Å². The maximum absolute atomic E-state index is 12.5. The molecule has 2 fully saturated rings. The Morgan fingerprint density at radius 2 is 1.87 bits per heavy atom. The predicted molar refractivity (Wildman–Crippen MR) is 89.5 cm³/mol. The molecule has 126 valence electrons. The predicted octanol–water partition coefficient (Wildman–Crippen LogP) is 1.88. The molecule has 0 atom stereocenters. The number of pyridine rings is 1. The van der Waals surface area contributed by atoms with Crippen LogP contribution in [0, 0.1) is 0 Å². The molecule has 1 aromatic heterocycles.